The van der Waals surface area contributed by atoms with Gasteiger partial charge in [-0.15, -0.1) is 11.3 Å². The molecule has 98 valence electrons. The molecule has 7 heteroatoms. The number of anilines is 1. The van der Waals surface area contributed by atoms with Crippen LogP contribution in [-0.2, 0) is 14.1 Å². The summed E-state index contributed by atoms with van der Waals surface area (Å²) in [4.78, 5) is 29.5. The van der Waals surface area contributed by atoms with Crippen LogP contribution >= 0.6 is 11.3 Å². The minimum absolute atomic E-state index is 0.305. The maximum Gasteiger partial charge on any atom is 0.332 e. The van der Waals surface area contributed by atoms with E-state index >= 15 is 0 Å². The molecule has 2 aromatic rings. The fourth-order valence-electron chi connectivity index (χ4n) is 2.20. The van der Waals surface area contributed by atoms with Gasteiger partial charge in [0.05, 0.1) is 11.9 Å². The van der Waals surface area contributed by atoms with E-state index in [0.717, 1.165) is 9.44 Å². The molecule has 19 heavy (non-hydrogen) atoms. The van der Waals surface area contributed by atoms with Crippen LogP contribution in [0.25, 0.3) is 0 Å². The third-order valence-corrected chi connectivity index (χ3v) is 4.14. The SMILES string of the molecule is Cn1c2c(c(=O)n(C)c1=O)C(c1cccs1)N=CN2. The molecule has 6 nitrogen and oxygen atoms in total. The van der Waals surface area contributed by atoms with Gasteiger partial charge in [-0.3, -0.25) is 18.9 Å². The first-order valence-corrected chi connectivity index (χ1v) is 6.60. The molecule has 0 saturated heterocycles. The first-order valence-electron chi connectivity index (χ1n) is 5.72. The maximum absolute atomic E-state index is 12.3. The summed E-state index contributed by atoms with van der Waals surface area (Å²) in [5.41, 5.74) is -0.146. The summed E-state index contributed by atoms with van der Waals surface area (Å²) < 4.78 is 2.55. The Kier molecular flexibility index (Phi) is 2.63. The Bertz CT molecular complexity index is 770. The molecule has 3 heterocycles. The number of aliphatic imine (C=N–C) groups is 1. The summed E-state index contributed by atoms with van der Waals surface area (Å²) in [7, 11) is 3.12. The van der Waals surface area contributed by atoms with Crippen molar-refractivity contribution in [3.05, 3.63) is 48.8 Å². The van der Waals surface area contributed by atoms with E-state index in [1.54, 1.807) is 18.4 Å². The van der Waals surface area contributed by atoms with Gasteiger partial charge in [0.15, 0.2) is 0 Å². The van der Waals surface area contributed by atoms with Gasteiger partial charge >= 0.3 is 5.69 Å². The topological polar surface area (TPSA) is 68.4 Å². The van der Waals surface area contributed by atoms with Crippen molar-refractivity contribution < 1.29 is 0 Å². The summed E-state index contributed by atoms with van der Waals surface area (Å²) >= 11 is 1.54. The monoisotopic (exact) mass is 276 g/mol. The molecular formula is C12H12N4O2S. The lowest BCUT2D eigenvalue weighted by atomic mass is 10.1. The number of fused-ring (bicyclic) bond motifs is 1. The minimum Gasteiger partial charge on any atom is -0.332 e. The standard InChI is InChI=1S/C12H12N4O2S/c1-15-10-8(11(17)16(2)12(15)18)9(13-6-14-10)7-4-3-5-19-7/h3-6,9H,1-2H3,(H,13,14). The highest BCUT2D eigenvalue weighted by atomic mass is 32.1. The van der Waals surface area contributed by atoms with Gasteiger partial charge in [-0.1, -0.05) is 6.07 Å². The van der Waals surface area contributed by atoms with Gasteiger partial charge in [0.25, 0.3) is 5.56 Å². The van der Waals surface area contributed by atoms with Gasteiger partial charge in [0, 0.05) is 19.0 Å². The van der Waals surface area contributed by atoms with Gasteiger partial charge in [0.2, 0.25) is 0 Å². The Labute approximate surface area is 112 Å². The zero-order chi connectivity index (χ0) is 13.6. The predicted molar refractivity (Wildman–Crippen MR) is 75.2 cm³/mol. The first-order chi connectivity index (χ1) is 9.11. The maximum atomic E-state index is 12.3. The number of hydrogen-bond acceptors (Lipinski definition) is 5. The van der Waals surface area contributed by atoms with E-state index in [9.17, 15) is 9.59 Å². The minimum atomic E-state index is -0.350. The molecule has 0 saturated carbocycles. The molecule has 3 rings (SSSR count). The lowest BCUT2D eigenvalue weighted by molar-refractivity contribution is 0.662. The van der Waals surface area contributed by atoms with Crippen LogP contribution in [0.1, 0.15) is 16.5 Å². The van der Waals surface area contributed by atoms with Crippen molar-refractivity contribution in [2.75, 3.05) is 5.32 Å². The van der Waals surface area contributed by atoms with Crippen LogP contribution in [0, 0.1) is 0 Å². The van der Waals surface area contributed by atoms with E-state index < -0.39 is 0 Å². The highest BCUT2D eigenvalue weighted by Gasteiger charge is 2.27. The van der Waals surface area contributed by atoms with Gasteiger partial charge in [0.1, 0.15) is 11.9 Å². The molecule has 1 unspecified atom stereocenters. The molecule has 1 aliphatic heterocycles. The third-order valence-electron chi connectivity index (χ3n) is 3.21. The van der Waals surface area contributed by atoms with Gasteiger partial charge in [-0.2, -0.15) is 0 Å². The highest BCUT2D eigenvalue weighted by molar-refractivity contribution is 7.10. The first kappa shape index (κ1) is 11.9. The molecule has 0 bridgehead atoms. The number of aromatic nitrogens is 2. The second-order valence-corrected chi connectivity index (χ2v) is 5.29. The lowest BCUT2D eigenvalue weighted by Crippen LogP contribution is -2.42. The second kappa shape index (κ2) is 4.20. The van der Waals surface area contributed by atoms with Crippen LogP contribution in [0.4, 0.5) is 5.82 Å². The van der Waals surface area contributed by atoms with Crippen molar-refractivity contribution in [3.63, 3.8) is 0 Å². The average molecular weight is 276 g/mol. The molecule has 1 N–H and O–H groups in total. The largest absolute Gasteiger partial charge is 0.332 e. The van der Waals surface area contributed by atoms with Crippen LogP contribution in [-0.4, -0.2) is 15.5 Å². The number of hydrogen-bond donors (Lipinski definition) is 1. The molecule has 0 aliphatic carbocycles. The van der Waals surface area contributed by atoms with Crippen LogP contribution in [0.3, 0.4) is 0 Å². The van der Waals surface area contributed by atoms with Crippen molar-refractivity contribution in [2.24, 2.45) is 19.1 Å². The molecule has 0 aromatic carbocycles. The Morgan fingerprint density at radius 3 is 2.79 bits per heavy atom. The van der Waals surface area contributed by atoms with Crippen LogP contribution < -0.4 is 16.6 Å². The molecule has 1 atom stereocenters. The second-order valence-electron chi connectivity index (χ2n) is 4.31. The third kappa shape index (κ3) is 1.66. The van der Waals surface area contributed by atoms with Crippen molar-refractivity contribution in [1.82, 2.24) is 9.13 Å². The van der Waals surface area contributed by atoms with E-state index in [1.165, 1.54) is 18.0 Å². The fraction of sp³-hybridized carbons (Fsp3) is 0.250. The molecule has 2 aromatic heterocycles. The molecule has 0 fully saturated rings. The number of thiophene rings is 1. The van der Waals surface area contributed by atoms with Crippen molar-refractivity contribution in [2.45, 2.75) is 6.04 Å². The number of rotatable bonds is 1. The molecule has 0 amide bonds. The quantitative estimate of drug-likeness (QED) is 0.833. The van der Waals surface area contributed by atoms with E-state index in [0.29, 0.717) is 11.4 Å². The summed E-state index contributed by atoms with van der Waals surface area (Å²) in [5.74, 6) is 0.515. The smallest absolute Gasteiger partial charge is 0.332 e. The zero-order valence-corrected chi connectivity index (χ0v) is 11.3. The van der Waals surface area contributed by atoms with E-state index in [-0.39, 0.29) is 17.3 Å². The summed E-state index contributed by atoms with van der Waals surface area (Å²) in [6, 6.07) is 3.51. The van der Waals surface area contributed by atoms with Crippen LogP contribution in [0.15, 0.2) is 32.1 Å². The summed E-state index contributed by atoms with van der Waals surface area (Å²) in [6.45, 7) is 0. The molecular weight excluding hydrogens is 264 g/mol. The predicted octanol–water partition coefficient (Wildman–Crippen LogP) is 0.689. The van der Waals surface area contributed by atoms with Gasteiger partial charge < -0.3 is 5.32 Å². The average Bonchev–Trinajstić information content (AvgIpc) is 2.96. The summed E-state index contributed by atoms with van der Waals surface area (Å²) in [6.07, 6.45) is 1.53. The van der Waals surface area contributed by atoms with Crippen molar-refractivity contribution >= 4 is 23.5 Å². The van der Waals surface area contributed by atoms with E-state index in [1.807, 2.05) is 17.5 Å². The number of nitrogens with one attached hydrogen (secondary N) is 1. The van der Waals surface area contributed by atoms with Crippen molar-refractivity contribution in [3.8, 4) is 0 Å². The van der Waals surface area contributed by atoms with Gasteiger partial charge in [-0.25, -0.2) is 4.79 Å². The number of nitrogens with zero attached hydrogens (tertiary/aromatic N) is 3. The Balaban J connectivity index is 2.34. The molecule has 1 aliphatic rings. The van der Waals surface area contributed by atoms with E-state index in [4.69, 9.17) is 0 Å². The Morgan fingerprint density at radius 2 is 2.11 bits per heavy atom. The Hall–Kier alpha value is -2.15. The fourth-order valence-corrected chi connectivity index (χ4v) is 2.98. The summed E-state index contributed by atoms with van der Waals surface area (Å²) in [5, 5.41) is 4.84. The van der Waals surface area contributed by atoms with Crippen molar-refractivity contribution in [1.29, 1.82) is 0 Å². The van der Waals surface area contributed by atoms with Gasteiger partial charge in [-0.05, 0) is 11.4 Å². The zero-order valence-electron chi connectivity index (χ0n) is 10.5. The molecule has 0 spiro atoms. The molecule has 0 radical (unpaired) electrons. The normalized spacial score (nSPS) is 17.1. The Morgan fingerprint density at radius 1 is 1.32 bits per heavy atom. The van der Waals surface area contributed by atoms with Crippen LogP contribution in [0.2, 0.25) is 0 Å². The highest BCUT2D eigenvalue weighted by Crippen LogP contribution is 2.32. The van der Waals surface area contributed by atoms with Crippen LogP contribution in [0.5, 0.6) is 0 Å². The lowest BCUT2D eigenvalue weighted by Gasteiger charge is -2.22. The van der Waals surface area contributed by atoms with E-state index in [2.05, 4.69) is 10.3 Å².